The summed E-state index contributed by atoms with van der Waals surface area (Å²) in [5.74, 6) is 0.0210. The van der Waals surface area contributed by atoms with Gasteiger partial charge in [0.1, 0.15) is 5.69 Å². The van der Waals surface area contributed by atoms with Crippen LogP contribution in [0, 0.1) is 0 Å². The summed E-state index contributed by atoms with van der Waals surface area (Å²) in [7, 11) is 1.80. The Labute approximate surface area is 97.4 Å². The van der Waals surface area contributed by atoms with E-state index in [-0.39, 0.29) is 5.91 Å². The van der Waals surface area contributed by atoms with Crippen molar-refractivity contribution in [2.24, 2.45) is 0 Å². The number of aromatic nitrogens is 1. The number of carbonyl (C=O) groups is 1. The van der Waals surface area contributed by atoms with E-state index in [1.165, 1.54) is 4.88 Å². The minimum absolute atomic E-state index is 0.0210. The molecular weight excluding hydrogens is 220 g/mol. The van der Waals surface area contributed by atoms with Crippen LogP contribution in [0.2, 0.25) is 0 Å². The van der Waals surface area contributed by atoms with E-state index in [0.717, 1.165) is 11.1 Å². The number of hydrogen-bond acceptors (Lipinski definition) is 3. The average Bonchev–Trinajstić information content (AvgIpc) is 2.88. The summed E-state index contributed by atoms with van der Waals surface area (Å²) in [6, 6.07) is 6.15. The van der Waals surface area contributed by atoms with Gasteiger partial charge in [0.05, 0.1) is 0 Å². The second-order valence-corrected chi connectivity index (χ2v) is 4.82. The molecule has 0 atom stereocenters. The minimum atomic E-state index is 0.0210. The predicted molar refractivity (Wildman–Crippen MR) is 63.3 cm³/mol. The molecule has 3 rings (SSSR count). The zero-order chi connectivity index (χ0) is 11.1. The Morgan fingerprint density at radius 3 is 3.12 bits per heavy atom. The lowest BCUT2D eigenvalue weighted by atomic mass is 10.1. The first kappa shape index (κ1) is 9.54. The van der Waals surface area contributed by atoms with E-state index in [9.17, 15) is 4.79 Å². The fraction of sp³-hybridized carbons (Fsp3) is 0.167. The molecule has 0 unspecified atom stereocenters. The van der Waals surface area contributed by atoms with E-state index in [0.29, 0.717) is 12.2 Å². The van der Waals surface area contributed by atoms with Gasteiger partial charge in [-0.1, -0.05) is 6.07 Å². The zero-order valence-electron chi connectivity index (χ0n) is 8.80. The number of fused-ring (bicyclic) bond motifs is 1. The Bertz CT molecular complexity index is 548. The normalized spacial score (nSPS) is 14.3. The van der Waals surface area contributed by atoms with Gasteiger partial charge < -0.3 is 4.90 Å². The molecule has 1 aliphatic heterocycles. The molecule has 1 aliphatic rings. The molecule has 3 heterocycles. The Morgan fingerprint density at radius 1 is 1.50 bits per heavy atom. The first-order chi connectivity index (χ1) is 7.75. The van der Waals surface area contributed by atoms with Crippen LogP contribution in [-0.2, 0) is 6.54 Å². The Balaban J connectivity index is 2.09. The topological polar surface area (TPSA) is 33.2 Å². The molecule has 0 aliphatic carbocycles. The lowest BCUT2D eigenvalue weighted by Gasteiger charge is -2.03. The molecule has 0 aromatic carbocycles. The molecule has 0 fully saturated rings. The van der Waals surface area contributed by atoms with Crippen molar-refractivity contribution in [1.29, 1.82) is 0 Å². The highest BCUT2D eigenvalue weighted by Gasteiger charge is 2.26. The summed E-state index contributed by atoms with van der Waals surface area (Å²) in [5, 5.41) is 2.04. The van der Waals surface area contributed by atoms with Gasteiger partial charge in [0.2, 0.25) is 0 Å². The molecule has 80 valence electrons. The molecule has 4 heteroatoms. The van der Waals surface area contributed by atoms with Crippen LogP contribution in [0.4, 0.5) is 0 Å². The zero-order valence-corrected chi connectivity index (χ0v) is 9.62. The molecular formula is C12H10N2OS. The minimum Gasteiger partial charge on any atom is -0.336 e. The van der Waals surface area contributed by atoms with Crippen LogP contribution in [0.3, 0.4) is 0 Å². The van der Waals surface area contributed by atoms with Crippen LogP contribution >= 0.6 is 11.3 Å². The molecule has 3 nitrogen and oxygen atoms in total. The van der Waals surface area contributed by atoms with Gasteiger partial charge in [-0.05, 0) is 17.5 Å². The molecule has 0 bridgehead atoms. The van der Waals surface area contributed by atoms with Crippen molar-refractivity contribution < 1.29 is 4.79 Å². The quantitative estimate of drug-likeness (QED) is 0.753. The van der Waals surface area contributed by atoms with Gasteiger partial charge in [-0.15, -0.1) is 11.3 Å². The lowest BCUT2D eigenvalue weighted by molar-refractivity contribution is 0.0812. The van der Waals surface area contributed by atoms with E-state index >= 15 is 0 Å². The van der Waals surface area contributed by atoms with Crippen LogP contribution in [0.25, 0.3) is 10.4 Å². The average molecular weight is 230 g/mol. The molecule has 1 amide bonds. The van der Waals surface area contributed by atoms with E-state index < -0.39 is 0 Å². The molecule has 0 saturated heterocycles. The molecule has 2 aromatic heterocycles. The third kappa shape index (κ3) is 1.34. The standard InChI is InChI=1S/C12H10N2OS/c1-14-7-9-5-8(10-3-2-4-16-10)6-13-11(9)12(14)15/h2-6H,7H2,1H3. The molecule has 0 saturated carbocycles. The van der Waals surface area contributed by atoms with Crippen LogP contribution in [0.15, 0.2) is 29.8 Å². The number of amides is 1. The third-order valence-electron chi connectivity index (χ3n) is 2.73. The Hall–Kier alpha value is -1.68. The summed E-state index contributed by atoms with van der Waals surface area (Å²) in [6.45, 7) is 0.667. The van der Waals surface area contributed by atoms with E-state index in [1.54, 1.807) is 29.5 Å². The van der Waals surface area contributed by atoms with E-state index in [4.69, 9.17) is 0 Å². The maximum atomic E-state index is 11.7. The van der Waals surface area contributed by atoms with Gasteiger partial charge in [0, 0.05) is 35.8 Å². The summed E-state index contributed by atoms with van der Waals surface area (Å²) in [4.78, 5) is 18.8. The second kappa shape index (κ2) is 3.42. The number of nitrogens with zero attached hydrogens (tertiary/aromatic N) is 2. The number of thiophene rings is 1. The molecule has 0 N–H and O–H groups in total. The van der Waals surface area contributed by atoms with Crippen molar-refractivity contribution in [3.63, 3.8) is 0 Å². The highest BCUT2D eigenvalue weighted by molar-refractivity contribution is 7.13. The van der Waals surface area contributed by atoms with Gasteiger partial charge in [0.15, 0.2) is 0 Å². The Kier molecular flexibility index (Phi) is 2.04. The maximum Gasteiger partial charge on any atom is 0.272 e. The molecule has 2 aromatic rings. The first-order valence-electron chi connectivity index (χ1n) is 5.04. The molecule has 0 radical (unpaired) electrons. The monoisotopic (exact) mass is 230 g/mol. The SMILES string of the molecule is CN1Cc2cc(-c3cccs3)cnc2C1=O. The summed E-state index contributed by atoms with van der Waals surface area (Å²) in [5.41, 5.74) is 2.72. The van der Waals surface area contributed by atoms with Crippen LogP contribution in [-0.4, -0.2) is 22.8 Å². The van der Waals surface area contributed by atoms with E-state index in [2.05, 4.69) is 17.1 Å². The van der Waals surface area contributed by atoms with Crippen molar-refractivity contribution >= 4 is 17.2 Å². The van der Waals surface area contributed by atoms with Crippen LogP contribution in [0.5, 0.6) is 0 Å². The molecule has 16 heavy (non-hydrogen) atoms. The van der Waals surface area contributed by atoms with Crippen molar-refractivity contribution in [2.75, 3.05) is 7.05 Å². The summed E-state index contributed by atoms with van der Waals surface area (Å²) >= 11 is 1.68. The number of carbonyl (C=O) groups excluding carboxylic acids is 1. The van der Waals surface area contributed by atoms with Gasteiger partial charge in [-0.2, -0.15) is 0 Å². The second-order valence-electron chi connectivity index (χ2n) is 3.87. The van der Waals surface area contributed by atoms with Crippen molar-refractivity contribution in [3.05, 3.63) is 41.0 Å². The fourth-order valence-corrected chi connectivity index (χ4v) is 2.62. The fourth-order valence-electron chi connectivity index (χ4n) is 1.91. The van der Waals surface area contributed by atoms with Crippen LogP contribution < -0.4 is 0 Å². The Morgan fingerprint density at radius 2 is 2.38 bits per heavy atom. The number of pyridine rings is 1. The lowest BCUT2D eigenvalue weighted by Crippen LogP contribution is -2.18. The van der Waals surface area contributed by atoms with Gasteiger partial charge in [-0.25, -0.2) is 0 Å². The van der Waals surface area contributed by atoms with Crippen molar-refractivity contribution in [2.45, 2.75) is 6.54 Å². The van der Waals surface area contributed by atoms with Crippen LogP contribution in [0.1, 0.15) is 16.1 Å². The van der Waals surface area contributed by atoms with Gasteiger partial charge in [-0.3, -0.25) is 9.78 Å². The summed E-state index contributed by atoms with van der Waals surface area (Å²) < 4.78 is 0. The van der Waals surface area contributed by atoms with Crippen molar-refractivity contribution in [3.8, 4) is 10.4 Å². The first-order valence-corrected chi connectivity index (χ1v) is 5.92. The maximum absolute atomic E-state index is 11.7. The summed E-state index contributed by atoms with van der Waals surface area (Å²) in [6.07, 6.45) is 1.78. The van der Waals surface area contributed by atoms with Gasteiger partial charge in [0.25, 0.3) is 5.91 Å². The highest BCUT2D eigenvalue weighted by Crippen LogP contribution is 2.28. The molecule has 0 spiro atoms. The van der Waals surface area contributed by atoms with Gasteiger partial charge >= 0.3 is 0 Å². The predicted octanol–water partition coefficient (Wildman–Crippen LogP) is 2.40. The van der Waals surface area contributed by atoms with E-state index in [1.807, 2.05) is 11.4 Å². The van der Waals surface area contributed by atoms with Crippen molar-refractivity contribution in [1.82, 2.24) is 9.88 Å². The highest BCUT2D eigenvalue weighted by atomic mass is 32.1. The third-order valence-corrected chi connectivity index (χ3v) is 3.65. The smallest absolute Gasteiger partial charge is 0.272 e. The number of hydrogen-bond donors (Lipinski definition) is 0. The number of rotatable bonds is 1. The largest absolute Gasteiger partial charge is 0.336 e.